The van der Waals surface area contributed by atoms with E-state index in [2.05, 4.69) is 37.4 Å². The van der Waals surface area contributed by atoms with Crippen molar-refractivity contribution in [2.75, 3.05) is 0 Å². The number of aromatic nitrogens is 2. The summed E-state index contributed by atoms with van der Waals surface area (Å²) in [6.45, 7) is 0. The summed E-state index contributed by atoms with van der Waals surface area (Å²) in [7, 11) is 0. The van der Waals surface area contributed by atoms with E-state index in [-0.39, 0.29) is 11.8 Å². The molecular weight excluding hydrogens is 422 g/mol. The molecule has 6 heteroatoms. The van der Waals surface area contributed by atoms with Gasteiger partial charge in [-0.3, -0.25) is 4.79 Å². The average Bonchev–Trinajstić information content (AvgIpc) is 3.64. The number of nitrogens with zero attached hydrogens (tertiary/aromatic N) is 2. The molecule has 4 aliphatic heterocycles. The first-order valence-corrected chi connectivity index (χ1v) is 11.1. The van der Waals surface area contributed by atoms with Crippen molar-refractivity contribution in [3.05, 3.63) is 119 Å². The number of hydrogen-bond donors (Lipinski definition) is 3. The first-order chi connectivity index (χ1) is 16.7. The normalized spacial score (nSPS) is 19.7. The van der Waals surface area contributed by atoms with Gasteiger partial charge in [0.2, 0.25) is 0 Å². The second-order valence-corrected chi connectivity index (χ2v) is 8.27. The van der Waals surface area contributed by atoms with E-state index in [1.165, 1.54) is 10.8 Å². The molecule has 0 amide bonds. The van der Waals surface area contributed by atoms with Crippen LogP contribution >= 0.6 is 0 Å². The molecule has 2 aromatic heterocycles. The molecule has 6 nitrogen and oxygen atoms in total. The van der Waals surface area contributed by atoms with Crippen molar-refractivity contribution in [1.29, 1.82) is 0 Å². The Kier molecular flexibility index (Phi) is 4.88. The highest BCUT2D eigenvalue weighted by molar-refractivity contribution is 6.19. The maximum absolute atomic E-state index is 12.2. The number of aromatic amines is 2. The number of rotatable bonds is 0. The summed E-state index contributed by atoms with van der Waals surface area (Å²) in [5.74, 6) is 0.0318. The second-order valence-electron chi connectivity index (χ2n) is 8.27. The lowest BCUT2D eigenvalue weighted by Crippen LogP contribution is -2.26. The molecule has 3 aromatic rings. The molecule has 164 valence electrons. The van der Waals surface area contributed by atoms with Gasteiger partial charge in [0.1, 0.15) is 6.04 Å². The number of fused-ring (bicyclic) bond motifs is 7. The largest absolute Gasteiger partial charge is 0.372 e. The van der Waals surface area contributed by atoms with E-state index >= 15 is 0 Å². The van der Waals surface area contributed by atoms with Crippen LogP contribution in [0.1, 0.15) is 0 Å². The highest BCUT2D eigenvalue weighted by atomic mass is 16.1. The third kappa shape index (κ3) is 4.17. The van der Waals surface area contributed by atoms with Gasteiger partial charge in [-0.1, -0.05) is 24.3 Å². The molecule has 8 bridgehead atoms. The molecule has 1 atom stereocenters. The smallest absolute Gasteiger partial charge is 0.183 e. The molecular formula is C28H21N5O. The fourth-order valence-electron chi connectivity index (χ4n) is 4.11. The molecule has 1 unspecified atom stereocenters. The van der Waals surface area contributed by atoms with Crippen molar-refractivity contribution in [3.63, 3.8) is 0 Å². The Labute approximate surface area is 195 Å². The number of carbonyl (C=O) groups excluding carboxylic acids is 1. The van der Waals surface area contributed by atoms with E-state index in [0.717, 1.165) is 39.2 Å². The Morgan fingerprint density at radius 3 is 2.18 bits per heavy atom. The molecule has 0 radical (unpaired) electrons. The first-order valence-electron chi connectivity index (χ1n) is 11.1. The van der Waals surface area contributed by atoms with Crippen LogP contribution in [-0.4, -0.2) is 33.2 Å². The summed E-state index contributed by atoms with van der Waals surface area (Å²) >= 11 is 0. The summed E-state index contributed by atoms with van der Waals surface area (Å²) in [6, 6.07) is 11.8. The van der Waals surface area contributed by atoms with Crippen molar-refractivity contribution < 1.29 is 4.79 Å². The lowest BCUT2D eigenvalue weighted by atomic mass is 10.2. The monoisotopic (exact) mass is 443 g/mol. The number of allylic oxidation sites excluding steroid dienone is 6. The molecule has 4 aliphatic rings. The second kappa shape index (κ2) is 8.33. The molecule has 3 N–H and O–H groups in total. The van der Waals surface area contributed by atoms with E-state index in [4.69, 9.17) is 0 Å². The molecule has 6 heterocycles. The molecule has 0 saturated carbocycles. The van der Waals surface area contributed by atoms with Gasteiger partial charge in [0, 0.05) is 34.9 Å². The van der Waals surface area contributed by atoms with Crippen molar-refractivity contribution >= 4 is 40.1 Å². The summed E-state index contributed by atoms with van der Waals surface area (Å²) in [5, 5.41) is 7.67. The number of H-pyrrole nitrogens is 2. The lowest BCUT2D eigenvalue weighted by molar-refractivity contribution is -0.114. The number of hydrogen-bond acceptors (Lipinski definition) is 4. The highest BCUT2D eigenvalue weighted by Gasteiger charge is 2.22. The van der Waals surface area contributed by atoms with Crippen molar-refractivity contribution in [1.82, 2.24) is 15.3 Å². The molecule has 0 aliphatic carbocycles. The minimum absolute atomic E-state index is 0.0318. The third-order valence-electron chi connectivity index (χ3n) is 5.74. The standard InChI is InChI=1S/C20H14N4O.C8H7N/c25-20-11-18-9-16-4-3-14(22-16)7-12-1-2-13(21-12)8-15-5-6-17(23-15)10-19(20)24-18;1-2-4-8-6-9-5-7(8)3-1/h1-11,19,22,24H;1-6,9H. The zero-order chi connectivity index (χ0) is 22.9. The Morgan fingerprint density at radius 2 is 1.38 bits per heavy atom. The number of aliphatic imine (C=N–C) groups is 2. The molecule has 1 aromatic carbocycles. The molecule has 0 spiro atoms. The zero-order valence-corrected chi connectivity index (χ0v) is 18.2. The number of benzene rings is 1. The van der Waals surface area contributed by atoms with Crippen molar-refractivity contribution in [2.45, 2.75) is 6.04 Å². The van der Waals surface area contributed by atoms with Gasteiger partial charge in [0.15, 0.2) is 5.78 Å². The third-order valence-corrected chi connectivity index (χ3v) is 5.74. The van der Waals surface area contributed by atoms with Crippen LogP contribution in [0.3, 0.4) is 0 Å². The van der Waals surface area contributed by atoms with Gasteiger partial charge in [0.05, 0.1) is 22.8 Å². The Hall–Kier alpha value is -4.71. The maximum atomic E-state index is 12.2. The molecule has 0 fully saturated rings. The number of carbonyl (C=O) groups is 1. The van der Waals surface area contributed by atoms with Crippen molar-refractivity contribution in [2.24, 2.45) is 9.98 Å². The van der Waals surface area contributed by atoms with Gasteiger partial charge < -0.3 is 15.3 Å². The van der Waals surface area contributed by atoms with Crippen LogP contribution in [0.5, 0.6) is 0 Å². The Morgan fingerprint density at radius 1 is 0.706 bits per heavy atom. The van der Waals surface area contributed by atoms with Gasteiger partial charge in [0.25, 0.3) is 0 Å². The molecule has 7 rings (SSSR count). The number of ketones is 1. The van der Waals surface area contributed by atoms with Gasteiger partial charge in [-0.2, -0.15) is 0 Å². The van der Waals surface area contributed by atoms with Crippen LogP contribution in [0, 0.1) is 0 Å². The topological polar surface area (TPSA) is 85.4 Å². The summed E-state index contributed by atoms with van der Waals surface area (Å²) in [4.78, 5) is 27.7. The predicted molar refractivity (Wildman–Crippen MR) is 137 cm³/mol. The predicted octanol–water partition coefficient (Wildman–Crippen LogP) is 2.97. The minimum atomic E-state index is -0.383. The number of nitrogens with one attached hydrogen (secondary N) is 3. The molecule has 34 heavy (non-hydrogen) atoms. The lowest BCUT2D eigenvalue weighted by Gasteiger charge is -2.06. The van der Waals surface area contributed by atoms with Gasteiger partial charge in [-0.15, -0.1) is 0 Å². The van der Waals surface area contributed by atoms with Gasteiger partial charge in [-0.05, 0) is 71.5 Å². The van der Waals surface area contributed by atoms with Crippen LogP contribution in [0.4, 0.5) is 0 Å². The van der Waals surface area contributed by atoms with E-state index in [9.17, 15) is 4.79 Å². The Balaban J connectivity index is 0.000000202. The maximum Gasteiger partial charge on any atom is 0.183 e. The van der Waals surface area contributed by atoms with Crippen LogP contribution in [-0.2, 0) is 4.79 Å². The summed E-state index contributed by atoms with van der Waals surface area (Å²) in [5.41, 5.74) is 4.15. The summed E-state index contributed by atoms with van der Waals surface area (Å²) in [6.07, 6.45) is 21.1. The van der Waals surface area contributed by atoms with Crippen LogP contribution < -0.4 is 16.0 Å². The molecule has 0 saturated heterocycles. The SMILES string of the molecule is O=C1C=C2C=c3ccc([nH]3)=CC3=NC(=CC4=NC(=CC1N2)C=C4)C=C3.c1ccc2c[nH]cc2c1. The highest BCUT2D eigenvalue weighted by Crippen LogP contribution is 2.17. The van der Waals surface area contributed by atoms with Crippen LogP contribution in [0.15, 0.2) is 118 Å². The average molecular weight is 444 g/mol. The van der Waals surface area contributed by atoms with E-state index < -0.39 is 0 Å². The first kappa shape index (κ1) is 19.9. The fourth-order valence-corrected chi connectivity index (χ4v) is 4.11. The van der Waals surface area contributed by atoms with Crippen LogP contribution in [0.25, 0.3) is 22.9 Å². The van der Waals surface area contributed by atoms with Crippen molar-refractivity contribution in [3.8, 4) is 0 Å². The van der Waals surface area contributed by atoms with Gasteiger partial charge in [-0.25, -0.2) is 9.98 Å². The Bertz CT molecular complexity index is 1620. The van der Waals surface area contributed by atoms with Gasteiger partial charge >= 0.3 is 0 Å². The summed E-state index contributed by atoms with van der Waals surface area (Å²) < 4.78 is 0. The van der Waals surface area contributed by atoms with Crippen LogP contribution in [0.2, 0.25) is 0 Å². The van der Waals surface area contributed by atoms with E-state index in [1.54, 1.807) is 6.08 Å². The fraction of sp³-hybridized carbons (Fsp3) is 0.0357. The minimum Gasteiger partial charge on any atom is -0.372 e. The van der Waals surface area contributed by atoms with E-state index in [0.29, 0.717) is 0 Å². The quantitative estimate of drug-likeness (QED) is 0.499. The van der Waals surface area contributed by atoms with E-state index in [1.807, 2.05) is 85.3 Å². The zero-order valence-electron chi connectivity index (χ0n) is 18.2.